The predicted octanol–water partition coefficient (Wildman–Crippen LogP) is 4.07. The summed E-state index contributed by atoms with van der Waals surface area (Å²) in [6.07, 6.45) is 2.78. The lowest BCUT2D eigenvalue weighted by atomic mass is 10.0. The Morgan fingerprint density at radius 1 is 1.09 bits per heavy atom. The molecule has 3 aromatic rings. The number of alkyl halides is 2. The zero-order valence-electron chi connectivity index (χ0n) is 16.9. The van der Waals surface area contributed by atoms with Crippen LogP contribution in [0.25, 0.3) is 11.3 Å². The van der Waals surface area contributed by atoms with Crippen LogP contribution in [0.5, 0.6) is 11.6 Å². The zero-order chi connectivity index (χ0) is 22.7. The lowest BCUT2D eigenvalue weighted by Crippen LogP contribution is -2.23. The van der Waals surface area contributed by atoms with E-state index in [1.807, 2.05) is 0 Å². The first kappa shape index (κ1) is 21.6. The summed E-state index contributed by atoms with van der Waals surface area (Å²) >= 11 is 0. The number of rotatable bonds is 8. The number of anilines is 1. The number of aromatic nitrogens is 2. The number of hydrogen-bond acceptors (Lipinski definition) is 6. The fourth-order valence-electron chi connectivity index (χ4n) is 3.41. The maximum absolute atomic E-state index is 13.8. The van der Waals surface area contributed by atoms with Gasteiger partial charge in [-0.25, -0.2) is 9.37 Å². The molecule has 10 heteroatoms. The molecule has 1 amide bonds. The molecule has 1 aliphatic heterocycles. The molecule has 0 N–H and O–H groups in total. The summed E-state index contributed by atoms with van der Waals surface area (Å²) in [5.74, 6) is -0.732. The number of fused-ring (bicyclic) bond motifs is 1. The van der Waals surface area contributed by atoms with Gasteiger partial charge in [0.1, 0.15) is 18.2 Å². The molecule has 166 valence electrons. The van der Waals surface area contributed by atoms with Gasteiger partial charge in [-0.2, -0.15) is 8.78 Å². The van der Waals surface area contributed by atoms with E-state index in [1.54, 1.807) is 12.1 Å². The van der Waals surface area contributed by atoms with Crippen molar-refractivity contribution in [3.05, 3.63) is 65.7 Å². The summed E-state index contributed by atoms with van der Waals surface area (Å²) in [5.41, 5.74) is 2.49. The molecule has 7 nitrogen and oxygen atoms in total. The van der Waals surface area contributed by atoms with Gasteiger partial charge >= 0.3 is 6.61 Å². The van der Waals surface area contributed by atoms with Crippen LogP contribution in [0.15, 0.2) is 48.8 Å². The maximum atomic E-state index is 13.8. The van der Waals surface area contributed by atoms with Gasteiger partial charge in [-0.15, -0.1) is 0 Å². The van der Waals surface area contributed by atoms with Crippen molar-refractivity contribution >= 4 is 11.6 Å². The number of amides is 1. The standard InChI is InChI=1S/C22H18F3N3O4/c1-30-8-9-31-18-10-13(23)2-4-16(18)20-17-12-28(21(29)15(17)6-7-26-20)14-3-5-19(27-11-14)32-22(24)25/h2-7,10-11,22H,8-9,12H2,1H3. The second-order valence-corrected chi connectivity index (χ2v) is 6.79. The van der Waals surface area contributed by atoms with Crippen molar-refractivity contribution in [1.82, 2.24) is 9.97 Å². The summed E-state index contributed by atoms with van der Waals surface area (Å²) < 4.78 is 53.4. The lowest BCUT2D eigenvalue weighted by Gasteiger charge is -2.16. The largest absolute Gasteiger partial charge is 0.490 e. The molecule has 4 rings (SSSR count). The Hall–Kier alpha value is -3.66. The minimum atomic E-state index is -2.99. The molecule has 0 radical (unpaired) electrons. The number of ether oxygens (including phenoxy) is 3. The Balaban J connectivity index is 1.66. The molecule has 0 fully saturated rings. The van der Waals surface area contributed by atoms with E-state index in [2.05, 4.69) is 14.7 Å². The highest BCUT2D eigenvalue weighted by Crippen LogP contribution is 2.37. The molecule has 1 aliphatic rings. The van der Waals surface area contributed by atoms with Gasteiger partial charge in [0, 0.05) is 42.1 Å². The molecule has 3 heterocycles. The van der Waals surface area contributed by atoms with Crippen LogP contribution < -0.4 is 14.4 Å². The molecule has 0 bridgehead atoms. The number of methoxy groups -OCH3 is 1. The molecule has 0 spiro atoms. The molecule has 32 heavy (non-hydrogen) atoms. The number of halogens is 3. The highest BCUT2D eigenvalue weighted by atomic mass is 19.3. The first-order valence-corrected chi connectivity index (χ1v) is 9.60. The second kappa shape index (κ2) is 9.23. The molecule has 2 aromatic heterocycles. The van der Waals surface area contributed by atoms with Gasteiger partial charge in [-0.1, -0.05) is 0 Å². The quantitative estimate of drug-likeness (QED) is 0.487. The number of benzene rings is 1. The first-order valence-electron chi connectivity index (χ1n) is 9.60. The van der Waals surface area contributed by atoms with Crippen LogP contribution >= 0.6 is 0 Å². The van der Waals surface area contributed by atoms with E-state index in [9.17, 15) is 18.0 Å². The van der Waals surface area contributed by atoms with Crippen molar-refractivity contribution in [2.45, 2.75) is 13.2 Å². The van der Waals surface area contributed by atoms with Gasteiger partial charge in [0.25, 0.3) is 5.91 Å². The normalized spacial score (nSPS) is 12.9. The minimum absolute atomic E-state index is 0.170. The van der Waals surface area contributed by atoms with Crippen molar-refractivity contribution in [1.29, 1.82) is 0 Å². The lowest BCUT2D eigenvalue weighted by molar-refractivity contribution is -0.0528. The van der Waals surface area contributed by atoms with Crippen molar-refractivity contribution in [2.75, 3.05) is 25.2 Å². The molecular weight excluding hydrogens is 427 g/mol. The average Bonchev–Trinajstić information content (AvgIpc) is 3.11. The van der Waals surface area contributed by atoms with Crippen LogP contribution in [0, 0.1) is 5.82 Å². The highest BCUT2D eigenvalue weighted by Gasteiger charge is 2.32. The van der Waals surface area contributed by atoms with E-state index in [0.29, 0.717) is 34.7 Å². The molecule has 0 atom stereocenters. The summed E-state index contributed by atoms with van der Waals surface area (Å²) in [7, 11) is 1.53. The fraction of sp³-hybridized carbons (Fsp3) is 0.227. The molecule has 0 aliphatic carbocycles. The predicted molar refractivity (Wildman–Crippen MR) is 108 cm³/mol. The third-order valence-corrected chi connectivity index (χ3v) is 4.83. The highest BCUT2D eigenvalue weighted by molar-refractivity contribution is 6.11. The van der Waals surface area contributed by atoms with E-state index in [1.165, 1.54) is 48.7 Å². The topological polar surface area (TPSA) is 73.8 Å². The average molecular weight is 445 g/mol. The number of hydrogen-bond donors (Lipinski definition) is 0. The summed E-state index contributed by atoms with van der Waals surface area (Å²) in [5, 5.41) is 0. The van der Waals surface area contributed by atoms with Gasteiger partial charge in [-0.3, -0.25) is 9.78 Å². The van der Waals surface area contributed by atoms with E-state index in [0.717, 1.165) is 0 Å². The van der Waals surface area contributed by atoms with Crippen molar-refractivity contribution in [3.63, 3.8) is 0 Å². The first-order chi connectivity index (χ1) is 15.5. The van der Waals surface area contributed by atoms with E-state index in [-0.39, 0.29) is 30.7 Å². The zero-order valence-corrected chi connectivity index (χ0v) is 16.9. The third-order valence-electron chi connectivity index (χ3n) is 4.83. The summed E-state index contributed by atoms with van der Waals surface area (Å²) in [6.45, 7) is -2.29. The van der Waals surface area contributed by atoms with Crippen LogP contribution in [0.3, 0.4) is 0 Å². The number of pyridine rings is 2. The number of carbonyl (C=O) groups is 1. The second-order valence-electron chi connectivity index (χ2n) is 6.79. The molecule has 0 saturated carbocycles. The SMILES string of the molecule is COCCOc1cc(F)ccc1-c1nccc2c1CN(c1ccc(OC(F)F)nc1)C2=O. The third kappa shape index (κ3) is 4.35. The van der Waals surface area contributed by atoms with Crippen LogP contribution in [0.1, 0.15) is 15.9 Å². The maximum Gasteiger partial charge on any atom is 0.388 e. The number of carbonyl (C=O) groups excluding carboxylic acids is 1. The monoisotopic (exact) mass is 445 g/mol. The van der Waals surface area contributed by atoms with E-state index >= 15 is 0 Å². The smallest absolute Gasteiger partial charge is 0.388 e. The Bertz CT molecular complexity index is 1130. The minimum Gasteiger partial charge on any atom is -0.490 e. The fourth-order valence-corrected chi connectivity index (χ4v) is 3.41. The van der Waals surface area contributed by atoms with Crippen molar-refractivity contribution in [2.24, 2.45) is 0 Å². The molecule has 0 saturated heterocycles. The Kier molecular flexibility index (Phi) is 6.22. The van der Waals surface area contributed by atoms with Crippen LogP contribution in [-0.2, 0) is 11.3 Å². The molecule has 0 unspecified atom stereocenters. The van der Waals surface area contributed by atoms with Gasteiger partial charge in [-0.05, 0) is 24.3 Å². The van der Waals surface area contributed by atoms with Crippen molar-refractivity contribution in [3.8, 4) is 22.9 Å². The van der Waals surface area contributed by atoms with Gasteiger partial charge in [0.05, 0.1) is 30.7 Å². The summed E-state index contributed by atoms with van der Waals surface area (Å²) in [6, 6.07) is 8.42. The van der Waals surface area contributed by atoms with Crippen molar-refractivity contribution < 1.29 is 32.2 Å². The Labute approximate surface area is 181 Å². The van der Waals surface area contributed by atoms with Crippen LogP contribution in [0.2, 0.25) is 0 Å². The van der Waals surface area contributed by atoms with Gasteiger partial charge in [0.2, 0.25) is 5.88 Å². The summed E-state index contributed by atoms with van der Waals surface area (Å²) in [4.78, 5) is 22.7. The molecule has 1 aromatic carbocycles. The Morgan fingerprint density at radius 2 is 1.94 bits per heavy atom. The number of nitrogens with zero attached hydrogens (tertiary/aromatic N) is 3. The molecular formula is C22H18F3N3O4. The van der Waals surface area contributed by atoms with E-state index in [4.69, 9.17) is 9.47 Å². The van der Waals surface area contributed by atoms with Crippen LogP contribution in [-0.4, -0.2) is 42.8 Å². The van der Waals surface area contributed by atoms with Gasteiger partial charge in [0.15, 0.2) is 0 Å². The van der Waals surface area contributed by atoms with Gasteiger partial charge < -0.3 is 19.1 Å². The van der Waals surface area contributed by atoms with E-state index < -0.39 is 12.4 Å². The van der Waals surface area contributed by atoms with Crippen LogP contribution in [0.4, 0.5) is 18.9 Å². The Morgan fingerprint density at radius 3 is 2.66 bits per heavy atom.